The van der Waals surface area contributed by atoms with Gasteiger partial charge in [0.1, 0.15) is 43.4 Å². The Balaban J connectivity index is 1.72. The van der Waals surface area contributed by atoms with Crippen molar-refractivity contribution in [3.8, 4) is 11.8 Å². The summed E-state index contributed by atoms with van der Waals surface area (Å²) in [4.78, 5) is 35.9. The molecule has 7 atom stereocenters. The number of esters is 3. The molecule has 0 spiro atoms. The fourth-order valence-electron chi connectivity index (χ4n) is 4.49. The second kappa shape index (κ2) is 12.9. The minimum atomic E-state index is -1.14. The van der Waals surface area contributed by atoms with Gasteiger partial charge in [-0.15, -0.1) is 0 Å². The fourth-order valence-corrected chi connectivity index (χ4v) is 4.49. The molecule has 11 heteroatoms. The maximum absolute atomic E-state index is 12.2. The SMILES string of the molecule is CC(=O)OC[C@H]1O[C@@H](c2ccc(C#N)c(COc3ccccc3)c2)[C@H](OC2OC2C)[C@@H](OC(C)=O)[C@@H]1OC(C)=O. The molecule has 0 aromatic heterocycles. The molecule has 2 fully saturated rings. The number of para-hydroxylation sites is 1. The first-order valence-electron chi connectivity index (χ1n) is 12.8. The molecule has 0 saturated carbocycles. The Labute approximate surface area is 231 Å². The van der Waals surface area contributed by atoms with Crippen LogP contribution in [0.1, 0.15) is 50.5 Å². The van der Waals surface area contributed by atoms with Crippen LogP contribution < -0.4 is 4.74 Å². The molecule has 0 amide bonds. The molecule has 212 valence electrons. The molecule has 2 heterocycles. The Hall–Kier alpha value is -3.98. The number of rotatable bonds is 10. The van der Waals surface area contributed by atoms with E-state index in [0.29, 0.717) is 22.4 Å². The van der Waals surface area contributed by atoms with E-state index in [1.165, 1.54) is 20.8 Å². The molecule has 2 aromatic carbocycles. The lowest BCUT2D eigenvalue weighted by atomic mass is 9.89. The van der Waals surface area contributed by atoms with Crippen LogP contribution in [-0.4, -0.2) is 61.3 Å². The van der Waals surface area contributed by atoms with E-state index >= 15 is 0 Å². The highest BCUT2D eigenvalue weighted by atomic mass is 16.8. The first kappa shape index (κ1) is 29.0. The van der Waals surface area contributed by atoms with Crippen molar-refractivity contribution in [2.45, 2.75) is 77.2 Å². The van der Waals surface area contributed by atoms with Gasteiger partial charge in [-0.05, 0) is 36.8 Å². The largest absolute Gasteiger partial charge is 0.489 e. The number of ether oxygens (including phenoxy) is 7. The smallest absolute Gasteiger partial charge is 0.303 e. The zero-order valence-electron chi connectivity index (χ0n) is 22.6. The van der Waals surface area contributed by atoms with E-state index in [4.69, 9.17) is 33.2 Å². The number of epoxide rings is 1. The Morgan fingerprint density at radius 3 is 2.17 bits per heavy atom. The van der Waals surface area contributed by atoms with Crippen molar-refractivity contribution in [1.82, 2.24) is 0 Å². The zero-order chi connectivity index (χ0) is 28.8. The lowest BCUT2D eigenvalue weighted by molar-refractivity contribution is -0.264. The lowest BCUT2D eigenvalue weighted by Gasteiger charge is -2.45. The highest BCUT2D eigenvalue weighted by Gasteiger charge is 2.54. The van der Waals surface area contributed by atoms with Gasteiger partial charge in [0, 0.05) is 26.3 Å². The third kappa shape index (κ3) is 7.35. The molecule has 0 N–H and O–H groups in total. The van der Waals surface area contributed by atoms with Gasteiger partial charge in [0.15, 0.2) is 18.5 Å². The summed E-state index contributed by atoms with van der Waals surface area (Å²) in [7, 11) is 0. The highest BCUT2D eigenvalue weighted by Crippen LogP contribution is 2.40. The molecule has 0 bridgehead atoms. The number of nitrogens with zero attached hydrogens (tertiary/aromatic N) is 1. The molecule has 2 aromatic rings. The van der Waals surface area contributed by atoms with Crippen LogP contribution in [0.3, 0.4) is 0 Å². The molecule has 0 aliphatic carbocycles. The first-order chi connectivity index (χ1) is 19.2. The van der Waals surface area contributed by atoms with Crippen molar-refractivity contribution >= 4 is 17.9 Å². The van der Waals surface area contributed by atoms with Crippen LogP contribution in [0, 0.1) is 11.3 Å². The van der Waals surface area contributed by atoms with Crippen molar-refractivity contribution < 1.29 is 47.5 Å². The molecule has 0 radical (unpaired) electrons. The second-order valence-electron chi connectivity index (χ2n) is 9.49. The molecular weight excluding hydrogens is 522 g/mol. The summed E-state index contributed by atoms with van der Waals surface area (Å²) in [6.07, 6.45) is -5.95. The van der Waals surface area contributed by atoms with Gasteiger partial charge in [0.05, 0.1) is 11.6 Å². The molecule has 2 saturated heterocycles. The van der Waals surface area contributed by atoms with Crippen LogP contribution in [0.25, 0.3) is 0 Å². The van der Waals surface area contributed by atoms with Gasteiger partial charge >= 0.3 is 17.9 Å². The van der Waals surface area contributed by atoms with E-state index in [1.807, 2.05) is 25.1 Å². The van der Waals surface area contributed by atoms with E-state index in [0.717, 1.165) is 0 Å². The summed E-state index contributed by atoms with van der Waals surface area (Å²) >= 11 is 0. The highest BCUT2D eigenvalue weighted by molar-refractivity contribution is 5.68. The molecule has 2 aliphatic rings. The maximum Gasteiger partial charge on any atom is 0.303 e. The van der Waals surface area contributed by atoms with Crippen molar-refractivity contribution in [3.63, 3.8) is 0 Å². The van der Waals surface area contributed by atoms with Gasteiger partial charge < -0.3 is 33.2 Å². The first-order valence-corrected chi connectivity index (χ1v) is 12.8. The molecular formula is C29H31NO10. The average molecular weight is 554 g/mol. The Bertz CT molecular complexity index is 1260. The summed E-state index contributed by atoms with van der Waals surface area (Å²) < 4.78 is 40.3. The predicted octanol–water partition coefficient (Wildman–Crippen LogP) is 3.13. The molecule has 40 heavy (non-hydrogen) atoms. The number of carbonyl (C=O) groups excluding carboxylic acids is 3. The van der Waals surface area contributed by atoms with E-state index in [2.05, 4.69) is 6.07 Å². The number of carbonyl (C=O) groups is 3. The molecule has 4 rings (SSSR count). The van der Waals surface area contributed by atoms with Crippen LogP contribution in [0.4, 0.5) is 0 Å². The zero-order valence-corrected chi connectivity index (χ0v) is 22.6. The summed E-state index contributed by atoms with van der Waals surface area (Å²) in [6.45, 7) is 5.32. The third-order valence-corrected chi connectivity index (χ3v) is 6.35. The predicted molar refractivity (Wildman–Crippen MR) is 136 cm³/mol. The van der Waals surface area contributed by atoms with Crippen LogP contribution in [0.15, 0.2) is 48.5 Å². The Morgan fingerprint density at radius 2 is 1.57 bits per heavy atom. The standard InChI is InChI=1S/C29H31NO10/c1-16-29(36-16)40-27-25(20-10-11-21(13-30)22(12-20)14-35-23-8-6-5-7-9-23)39-24(15-34-17(2)31)26(37-18(3)32)28(27)38-19(4)33/h5-12,16,24-29H,14-15H2,1-4H3/t16?,24-,25+,26-,27+,28+,29?/m1/s1. The van der Waals surface area contributed by atoms with Gasteiger partial charge in [0.25, 0.3) is 0 Å². The number of nitriles is 1. The number of benzene rings is 2. The van der Waals surface area contributed by atoms with E-state index in [-0.39, 0.29) is 19.3 Å². The molecule has 2 aliphatic heterocycles. The average Bonchev–Trinajstić information content (AvgIpc) is 3.62. The number of hydrogen-bond donors (Lipinski definition) is 0. The van der Waals surface area contributed by atoms with Crippen molar-refractivity contribution in [1.29, 1.82) is 5.26 Å². The van der Waals surface area contributed by atoms with Crippen molar-refractivity contribution in [2.24, 2.45) is 0 Å². The van der Waals surface area contributed by atoms with Crippen molar-refractivity contribution in [2.75, 3.05) is 6.61 Å². The number of hydrogen-bond acceptors (Lipinski definition) is 11. The van der Waals surface area contributed by atoms with Crippen molar-refractivity contribution in [3.05, 3.63) is 65.2 Å². The monoisotopic (exact) mass is 553 g/mol. The van der Waals surface area contributed by atoms with Gasteiger partial charge in [-0.3, -0.25) is 14.4 Å². The van der Waals surface area contributed by atoms with Crippen LogP contribution >= 0.6 is 0 Å². The molecule has 2 unspecified atom stereocenters. The summed E-state index contributed by atoms with van der Waals surface area (Å²) in [5, 5.41) is 9.72. The topological polar surface area (TPSA) is 143 Å². The van der Waals surface area contributed by atoms with E-state index in [9.17, 15) is 19.6 Å². The Morgan fingerprint density at radius 1 is 0.900 bits per heavy atom. The minimum absolute atomic E-state index is 0.0993. The lowest BCUT2D eigenvalue weighted by Crippen LogP contribution is -2.59. The van der Waals surface area contributed by atoms with Gasteiger partial charge in [-0.25, -0.2) is 0 Å². The second-order valence-corrected chi connectivity index (χ2v) is 9.49. The van der Waals surface area contributed by atoms with E-state index < -0.39 is 54.7 Å². The quantitative estimate of drug-likeness (QED) is 0.243. The van der Waals surface area contributed by atoms with Gasteiger partial charge in [-0.1, -0.05) is 24.3 Å². The summed E-state index contributed by atoms with van der Waals surface area (Å²) in [6, 6.07) is 16.4. The fraction of sp³-hybridized carbons (Fsp3) is 0.448. The minimum Gasteiger partial charge on any atom is -0.489 e. The molecule has 11 nitrogen and oxygen atoms in total. The van der Waals surface area contributed by atoms with Crippen LogP contribution in [0.2, 0.25) is 0 Å². The maximum atomic E-state index is 12.2. The van der Waals surface area contributed by atoms with Gasteiger partial charge in [-0.2, -0.15) is 5.26 Å². The third-order valence-electron chi connectivity index (χ3n) is 6.35. The summed E-state index contributed by atoms with van der Waals surface area (Å²) in [5.74, 6) is -1.22. The Kier molecular flexibility index (Phi) is 9.37. The van der Waals surface area contributed by atoms with Crippen LogP contribution in [-0.2, 0) is 49.4 Å². The van der Waals surface area contributed by atoms with Crippen LogP contribution in [0.5, 0.6) is 5.75 Å². The summed E-state index contributed by atoms with van der Waals surface area (Å²) in [5.41, 5.74) is 1.57. The normalized spacial score (nSPS) is 27.1. The van der Waals surface area contributed by atoms with Gasteiger partial charge in [0.2, 0.25) is 0 Å². The van der Waals surface area contributed by atoms with E-state index in [1.54, 1.807) is 30.3 Å².